The maximum Gasteiger partial charge on any atom is 0.441 e. The molecular formula is C12H20F3NOS. The summed E-state index contributed by atoms with van der Waals surface area (Å²) in [6.45, 7) is 1.07. The van der Waals surface area contributed by atoms with Crippen LogP contribution < -0.4 is 5.32 Å². The maximum atomic E-state index is 11.9. The van der Waals surface area contributed by atoms with Crippen LogP contribution in [0.2, 0.25) is 0 Å². The predicted octanol–water partition coefficient (Wildman–Crippen LogP) is 3.32. The Balaban J connectivity index is 1.55. The first kappa shape index (κ1) is 14.5. The molecule has 0 aromatic heterocycles. The number of nitrogens with one attached hydrogen (secondary N) is 1. The molecule has 18 heavy (non-hydrogen) atoms. The molecule has 1 saturated heterocycles. The average molecular weight is 283 g/mol. The highest BCUT2D eigenvalue weighted by Crippen LogP contribution is 2.43. The van der Waals surface area contributed by atoms with Gasteiger partial charge in [-0.05, 0) is 37.4 Å². The maximum absolute atomic E-state index is 11.9. The van der Waals surface area contributed by atoms with Crippen molar-refractivity contribution >= 4 is 11.8 Å². The molecule has 1 spiro atoms. The van der Waals surface area contributed by atoms with Crippen molar-refractivity contribution in [3.63, 3.8) is 0 Å². The van der Waals surface area contributed by atoms with E-state index >= 15 is 0 Å². The van der Waals surface area contributed by atoms with E-state index in [9.17, 15) is 13.2 Å². The van der Waals surface area contributed by atoms with Crippen molar-refractivity contribution in [1.82, 2.24) is 5.32 Å². The Morgan fingerprint density at radius 3 is 2.61 bits per heavy atom. The highest BCUT2D eigenvalue weighted by Gasteiger charge is 2.41. The van der Waals surface area contributed by atoms with Crippen LogP contribution in [-0.4, -0.2) is 36.1 Å². The largest absolute Gasteiger partial charge is 0.441 e. The molecule has 0 aromatic rings. The molecular weight excluding hydrogens is 263 g/mol. The lowest BCUT2D eigenvalue weighted by atomic mass is 9.98. The van der Waals surface area contributed by atoms with Crippen LogP contribution in [0.3, 0.4) is 0 Å². The van der Waals surface area contributed by atoms with E-state index in [4.69, 9.17) is 4.74 Å². The zero-order chi connectivity index (χ0) is 13.1. The lowest BCUT2D eigenvalue weighted by molar-refractivity contribution is -0.0349. The lowest BCUT2D eigenvalue weighted by Gasteiger charge is -2.23. The normalized spacial score (nSPS) is 27.2. The molecule has 0 radical (unpaired) electrons. The molecule has 1 N–H and O–H groups in total. The zero-order valence-electron chi connectivity index (χ0n) is 10.4. The van der Waals surface area contributed by atoms with E-state index in [0.29, 0.717) is 13.1 Å². The van der Waals surface area contributed by atoms with E-state index in [1.807, 2.05) is 0 Å². The average Bonchev–Trinajstić information content (AvgIpc) is 2.88. The van der Waals surface area contributed by atoms with Gasteiger partial charge in [-0.1, -0.05) is 12.8 Å². The molecule has 106 valence electrons. The molecule has 2 aliphatic rings. The molecule has 0 amide bonds. The second-order valence-corrected chi connectivity index (χ2v) is 6.33. The standard InChI is InChI=1S/C12H20F3NOS/c13-12(14,15)18-8-7-16-9-10-3-6-11(17-10)4-1-2-5-11/h10,16H,1-9H2. The van der Waals surface area contributed by atoms with Gasteiger partial charge in [0.15, 0.2) is 0 Å². The van der Waals surface area contributed by atoms with Gasteiger partial charge in [0.05, 0.1) is 11.7 Å². The topological polar surface area (TPSA) is 21.3 Å². The van der Waals surface area contributed by atoms with Crippen LogP contribution in [0.15, 0.2) is 0 Å². The smallest absolute Gasteiger partial charge is 0.370 e. The SMILES string of the molecule is FC(F)(F)SCCNCC1CCC2(CCCC2)O1. The summed E-state index contributed by atoms with van der Waals surface area (Å²) in [7, 11) is 0. The summed E-state index contributed by atoms with van der Waals surface area (Å²) in [6.07, 6.45) is 7.18. The number of hydrogen-bond acceptors (Lipinski definition) is 3. The van der Waals surface area contributed by atoms with Crippen LogP contribution in [0.25, 0.3) is 0 Å². The zero-order valence-corrected chi connectivity index (χ0v) is 11.2. The third-order valence-electron chi connectivity index (χ3n) is 3.77. The molecule has 0 aromatic carbocycles. The molecule has 1 heterocycles. The molecule has 2 fully saturated rings. The first-order valence-corrected chi connectivity index (χ1v) is 7.57. The number of ether oxygens (including phenoxy) is 1. The summed E-state index contributed by atoms with van der Waals surface area (Å²) < 4.78 is 41.7. The number of alkyl halides is 3. The van der Waals surface area contributed by atoms with Crippen LogP contribution in [-0.2, 0) is 4.74 Å². The molecule has 1 aliphatic carbocycles. The Bertz CT molecular complexity index is 267. The Labute approximate surface area is 110 Å². The van der Waals surface area contributed by atoms with Gasteiger partial charge in [-0.25, -0.2) is 0 Å². The summed E-state index contributed by atoms with van der Waals surface area (Å²) in [4.78, 5) is 0. The first-order chi connectivity index (χ1) is 8.49. The number of thioether (sulfide) groups is 1. The summed E-state index contributed by atoms with van der Waals surface area (Å²) in [6, 6.07) is 0. The first-order valence-electron chi connectivity index (χ1n) is 6.58. The predicted molar refractivity (Wildman–Crippen MR) is 66.7 cm³/mol. The highest BCUT2D eigenvalue weighted by molar-refractivity contribution is 8.00. The highest BCUT2D eigenvalue weighted by atomic mass is 32.2. The monoisotopic (exact) mass is 283 g/mol. The second kappa shape index (κ2) is 6.01. The fraction of sp³-hybridized carbons (Fsp3) is 1.00. The number of hydrogen-bond donors (Lipinski definition) is 1. The Morgan fingerprint density at radius 1 is 1.22 bits per heavy atom. The third kappa shape index (κ3) is 4.31. The molecule has 1 atom stereocenters. The van der Waals surface area contributed by atoms with Crippen molar-refractivity contribution < 1.29 is 17.9 Å². The molecule has 2 nitrogen and oxygen atoms in total. The van der Waals surface area contributed by atoms with E-state index in [1.165, 1.54) is 12.8 Å². The molecule has 0 bridgehead atoms. The second-order valence-electron chi connectivity index (χ2n) is 5.17. The molecule has 1 saturated carbocycles. The van der Waals surface area contributed by atoms with Gasteiger partial charge in [0.2, 0.25) is 0 Å². The van der Waals surface area contributed by atoms with Gasteiger partial charge >= 0.3 is 5.51 Å². The fourth-order valence-corrected chi connectivity index (χ4v) is 3.41. The van der Waals surface area contributed by atoms with E-state index < -0.39 is 5.51 Å². The minimum atomic E-state index is -4.11. The Morgan fingerprint density at radius 2 is 1.94 bits per heavy atom. The summed E-state index contributed by atoms with van der Waals surface area (Å²) in [5, 5.41) is 3.06. The van der Waals surface area contributed by atoms with Gasteiger partial charge in [-0.3, -0.25) is 0 Å². The third-order valence-corrected chi connectivity index (χ3v) is 4.51. The quantitative estimate of drug-likeness (QED) is 0.782. The van der Waals surface area contributed by atoms with Gasteiger partial charge in [-0.2, -0.15) is 13.2 Å². The van der Waals surface area contributed by atoms with E-state index in [1.54, 1.807) is 0 Å². The molecule has 6 heteroatoms. The van der Waals surface area contributed by atoms with Gasteiger partial charge in [0, 0.05) is 18.8 Å². The van der Waals surface area contributed by atoms with Gasteiger partial charge in [0.25, 0.3) is 0 Å². The molecule has 1 unspecified atom stereocenters. The summed E-state index contributed by atoms with van der Waals surface area (Å²) in [5.74, 6) is 0.0708. The summed E-state index contributed by atoms with van der Waals surface area (Å²) in [5.41, 5.74) is -3.99. The summed E-state index contributed by atoms with van der Waals surface area (Å²) >= 11 is 0.0315. The van der Waals surface area contributed by atoms with Gasteiger partial charge < -0.3 is 10.1 Å². The van der Waals surface area contributed by atoms with Crippen LogP contribution >= 0.6 is 11.8 Å². The lowest BCUT2D eigenvalue weighted by Crippen LogP contribution is -2.32. The minimum absolute atomic E-state index is 0.0315. The van der Waals surface area contributed by atoms with E-state index in [2.05, 4.69) is 5.32 Å². The van der Waals surface area contributed by atoms with E-state index in [-0.39, 0.29) is 29.2 Å². The van der Waals surface area contributed by atoms with Gasteiger partial charge in [-0.15, -0.1) is 0 Å². The Kier molecular flexibility index (Phi) is 4.83. The molecule has 2 rings (SSSR count). The Hall–Kier alpha value is 0.0600. The number of rotatable bonds is 5. The van der Waals surface area contributed by atoms with Crippen molar-refractivity contribution in [2.24, 2.45) is 0 Å². The van der Waals surface area contributed by atoms with E-state index in [0.717, 1.165) is 25.7 Å². The van der Waals surface area contributed by atoms with Crippen molar-refractivity contribution in [2.45, 2.75) is 55.7 Å². The minimum Gasteiger partial charge on any atom is -0.370 e. The van der Waals surface area contributed by atoms with Crippen molar-refractivity contribution in [1.29, 1.82) is 0 Å². The van der Waals surface area contributed by atoms with Crippen molar-refractivity contribution in [2.75, 3.05) is 18.8 Å². The van der Waals surface area contributed by atoms with Gasteiger partial charge in [0.1, 0.15) is 0 Å². The van der Waals surface area contributed by atoms with Crippen molar-refractivity contribution in [3.8, 4) is 0 Å². The van der Waals surface area contributed by atoms with Crippen LogP contribution in [0, 0.1) is 0 Å². The molecule has 1 aliphatic heterocycles. The fourth-order valence-electron chi connectivity index (χ4n) is 2.93. The van der Waals surface area contributed by atoms with Crippen LogP contribution in [0.4, 0.5) is 13.2 Å². The van der Waals surface area contributed by atoms with Crippen LogP contribution in [0.5, 0.6) is 0 Å². The van der Waals surface area contributed by atoms with Crippen molar-refractivity contribution in [3.05, 3.63) is 0 Å². The van der Waals surface area contributed by atoms with Crippen LogP contribution in [0.1, 0.15) is 38.5 Å². The number of halogens is 3.